The summed E-state index contributed by atoms with van der Waals surface area (Å²) in [6.07, 6.45) is 2.74. The first-order valence-corrected chi connectivity index (χ1v) is 5.62. The molecule has 4 nitrogen and oxygen atoms in total. The number of esters is 1. The van der Waals surface area contributed by atoms with Gasteiger partial charge in [0, 0.05) is 13.0 Å². The molecule has 1 fully saturated rings. The van der Waals surface area contributed by atoms with Crippen LogP contribution < -0.4 is 5.73 Å². The lowest BCUT2D eigenvalue weighted by atomic mass is 10.0. The van der Waals surface area contributed by atoms with Gasteiger partial charge in [0.1, 0.15) is 5.54 Å². The molecular formula is C11H21NO3. The van der Waals surface area contributed by atoms with Gasteiger partial charge >= 0.3 is 5.97 Å². The largest absolute Gasteiger partial charge is 0.464 e. The Bertz CT molecular complexity index is 212. The van der Waals surface area contributed by atoms with Crippen LogP contribution in [0.1, 0.15) is 33.1 Å². The van der Waals surface area contributed by atoms with E-state index in [0.29, 0.717) is 25.6 Å². The molecule has 1 saturated heterocycles. The van der Waals surface area contributed by atoms with Gasteiger partial charge in [-0.1, -0.05) is 20.3 Å². The van der Waals surface area contributed by atoms with Crippen LogP contribution in [0, 0.1) is 5.92 Å². The van der Waals surface area contributed by atoms with Crippen molar-refractivity contribution in [3.8, 4) is 0 Å². The van der Waals surface area contributed by atoms with E-state index in [0.717, 1.165) is 12.8 Å². The monoisotopic (exact) mass is 215 g/mol. The molecular weight excluding hydrogens is 194 g/mol. The highest BCUT2D eigenvalue weighted by atomic mass is 16.5. The fourth-order valence-electron chi connectivity index (χ4n) is 1.68. The van der Waals surface area contributed by atoms with Crippen molar-refractivity contribution >= 4 is 5.97 Å². The molecule has 1 heterocycles. The number of nitrogens with two attached hydrogens (primary N) is 1. The maximum Gasteiger partial charge on any atom is 0.328 e. The first-order valence-electron chi connectivity index (χ1n) is 5.62. The summed E-state index contributed by atoms with van der Waals surface area (Å²) >= 11 is 0. The highest BCUT2D eigenvalue weighted by Gasteiger charge is 2.39. The van der Waals surface area contributed by atoms with E-state index in [1.54, 1.807) is 0 Å². The van der Waals surface area contributed by atoms with Gasteiger partial charge in [0.15, 0.2) is 0 Å². The average molecular weight is 215 g/mol. The Hall–Kier alpha value is -0.610. The van der Waals surface area contributed by atoms with Crippen LogP contribution in [0.2, 0.25) is 0 Å². The highest BCUT2D eigenvalue weighted by molar-refractivity contribution is 5.81. The molecule has 1 aliphatic heterocycles. The molecule has 0 amide bonds. The van der Waals surface area contributed by atoms with Crippen LogP contribution in [-0.4, -0.2) is 31.3 Å². The van der Waals surface area contributed by atoms with Crippen molar-refractivity contribution in [1.82, 2.24) is 0 Å². The fourth-order valence-corrected chi connectivity index (χ4v) is 1.68. The third kappa shape index (κ3) is 3.47. The molecule has 0 spiro atoms. The molecule has 0 aromatic heterocycles. The van der Waals surface area contributed by atoms with Gasteiger partial charge in [0.25, 0.3) is 0 Å². The van der Waals surface area contributed by atoms with Crippen LogP contribution >= 0.6 is 0 Å². The van der Waals surface area contributed by atoms with Crippen LogP contribution in [0.4, 0.5) is 0 Å². The van der Waals surface area contributed by atoms with Gasteiger partial charge in [-0.3, -0.25) is 0 Å². The van der Waals surface area contributed by atoms with Crippen molar-refractivity contribution in [2.75, 3.05) is 19.8 Å². The van der Waals surface area contributed by atoms with Crippen LogP contribution in [0.3, 0.4) is 0 Å². The van der Waals surface area contributed by atoms with Gasteiger partial charge in [-0.25, -0.2) is 4.79 Å². The maximum atomic E-state index is 11.6. The summed E-state index contributed by atoms with van der Waals surface area (Å²) in [6.45, 7) is 5.49. The van der Waals surface area contributed by atoms with Gasteiger partial charge in [-0.2, -0.15) is 0 Å². The summed E-state index contributed by atoms with van der Waals surface area (Å²) in [5.74, 6) is 0.0906. The number of rotatable bonds is 5. The molecule has 0 aromatic carbocycles. The smallest absolute Gasteiger partial charge is 0.328 e. The molecule has 15 heavy (non-hydrogen) atoms. The zero-order valence-electron chi connectivity index (χ0n) is 9.62. The summed E-state index contributed by atoms with van der Waals surface area (Å²) in [7, 11) is 0. The van der Waals surface area contributed by atoms with E-state index in [-0.39, 0.29) is 12.6 Å². The Kier molecular flexibility index (Phi) is 4.54. The van der Waals surface area contributed by atoms with Crippen molar-refractivity contribution in [2.45, 2.75) is 38.6 Å². The van der Waals surface area contributed by atoms with Gasteiger partial charge in [-0.15, -0.1) is 0 Å². The Morgan fingerprint density at radius 2 is 2.40 bits per heavy atom. The lowest BCUT2D eigenvalue weighted by Crippen LogP contribution is -2.49. The average Bonchev–Trinajstić information content (AvgIpc) is 2.63. The van der Waals surface area contributed by atoms with E-state index < -0.39 is 5.54 Å². The van der Waals surface area contributed by atoms with Crippen LogP contribution in [0.25, 0.3) is 0 Å². The van der Waals surface area contributed by atoms with Gasteiger partial charge in [0.2, 0.25) is 0 Å². The number of carbonyl (C=O) groups is 1. The van der Waals surface area contributed by atoms with E-state index in [9.17, 15) is 4.79 Å². The lowest BCUT2D eigenvalue weighted by Gasteiger charge is -2.20. The van der Waals surface area contributed by atoms with Crippen molar-refractivity contribution in [1.29, 1.82) is 0 Å². The Balaban J connectivity index is 2.29. The summed E-state index contributed by atoms with van der Waals surface area (Å²) < 4.78 is 10.3. The minimum Gasteiger partial charge on any atom is -0.464 e. The van der Waals surface area contributed by atoms with Gasteiger partial charge in [0.05, 0.1) is 13.2 Å². The highest BCUT2D eigenvalue weighted by Crippen LogP contribution is 2.18. The summed E-state index contributed by atoms with van der Waals surface area (Å²) in [6, 6.07) is 0. The molecule has 0 bridgehead atoms. The molecule has 2 N–H and O–H groups in total. The molecule has 0 saturated carbocycles. The second kappa shape index (κ2) is 5.47. The number of hydrogen-bond acceptors (Lipinski definition) is 4. The Labute approximate surface area is 91.1 Å². The molecule has 2 atom stereocenters. The first kappa shape index (κ1) is 12.5. The van der Waals surface area contributed by atoms with Crippen LogP contribution in [-0.2, 0) is 14.3 Å². The maximum absolute atomic E-state index is 11.6. The SMILES string of the molecule is CCCC(C)COC(=O)C1(N)CCOC1. The van der Waals surface area contributed by atoms with E-state index in [4.69, 9.17) is 15.2 Å². The predicted octanol–water partition coefficient (Wildman–Crippen LogP) is 1.08. The second-order valence-corrected chi connectivity index (χ2v) is 4.45. The molecule has 4 heteroatoms. The minimum atomic E-state index is -0.897. The van der Waals surface area contributed by atoms with E-state index in [1.165, 1.54) is 0 Å². The lowest BCUT2D eigenvalue weighted by molar-refractivity contribution is -0.151. The minimum absolute atomic E-state index is 0.286. The zero-order chi connectivity index (χ0) is 11.3. The third-order valence-electron chi connectivity index (χ3n) is 2.74. The van der Waals surface area contributed by atoms with Crippen molar-refractivity contribution in [3.05, 3.63) is 0 Å². The molecule has 88 valence electrons. The second-order valence-electron chi connectivity index (χ2n) is 4.45. The summed E-state index contributed by atoms with van der Waals surface area (Å²) in [5.41, 5.74) is 4.97. The zero-order valence-corrected chi connectivity index (χ0v) is 9.62. The first-order chi connectivity index (χ1) is 7.08. The quantitative estimate of drug-likeness (QED) is 0.697. The summed E-state index contributed by atoms with van der Waals surface area (Å²) in [5, 5.41) is 0. The van der Waals surface area contributed by atoms with Crippen molar-refractivity contribution < 1.29 is 14.3 Å². The predicted molar refractivity (Wildman–Crippen MR) is 57.4 cm³/mol. The van der Waals surface area contributed by atoms with E-state index in [1.807, 2.05) is 0 Å². The molecule has 0 aliphatic carbocycles. The molecule has 0 aromatic rings. The fraction of sp³-hybridized carbons (Fsp3) is 0.909. The van der Waals surface area contributed by atoms with Crippen molar-refractivity contribution in [2.24, 2.45) is 11.7 Å². The van der Waals surface area contributed by atoms with Gasteiger partial charge < -0.3 is 15.2 Å². The topological polar surface area (TPSA) is 61.5 Å². The molecule has 0 radical (unpaired) electrons. The number of carbonyl (C=O) groups excluding carboxylic acids is 1. The standard InChI is InChI=1S/C11H21NO3/c1-3-4-9(2)7-15-10(13)11(12)5-6-14-8-11/h9H,3-8,12H2,1-2H3. The Morgan fingerprint density at radius 3 is 2.93 bits per heavy atom. The van der Waals surface area contributed by atoms with Crippen LogP contribution in [0.15, 0.2) is 0 Å². The molecule has 2 unspecified atom stereocenters. The molecule has 1 rings (SSSR count). The van der Waals surface area contributed by atoms with Crippen LogP contribution in [0.5, 0.6) is 0 Å². The third-order valence-corrected chi connectivity index (χ3v) is 2.74. The summed E-state index contributed by atoms with van der Waals surface area (Å²) in [4.78, 5) is 11.6. The molecule has 1 aliphatic rings. The normalized spacial score (nSPS) is 27.7. The van der Waals surface area contributed by atoms with E-state index in [2.05, 4.69) is 13.8 Å². The van der Waals surface area contributed by atoms with E-state index >= 15 is 0 Å². The Morgan fingerprint density at radius 1 is 1.67 bits per heavy atom. The van der Waals surface area contributed by atoms with Gasteiger partial charge in [-0.05, 0) is 12.3 Å². The number of hydrogen-bond donors (Lipinski definition) is 1. The number of ether oxygens (including phenoxy) is 2. The van der Waals surface area contributed by atoms with Crippen molar-refractivity contribution in [3.63, 3.8) is 0 Å².